The molecular formula is C38H46N6O7S. The number of hydrogen-bond acceptors (Lipinski definition) is 8. The number of aromatic nitrogens is 2. The van der Waals surface area contributed by atoms with Crippen molar-refractivity contribution < 1.29 is 32.6 Å². The van der Waals surface area contributed by atoms with E-state index in [1.54, 1.807) is 34.7 Å². The number of aryl methyl sites for hydroxylation is 1. The highest BCUT2D eigenvalue weighted by atomic mass is 32.2. The molecule has 0 radical (unpaired) electrons. The van der Waals surface area contributed by atoms with Crippen molar-refractivity contribution in [2.75, 3.05) is 32.1 Å². The Kier molecular flexibility index (Phi) is 12.1. The molecule has 0 fully saturated rings. The molecule has 0 unspecified atom stereocenters. The summed E-state index contributed by atoms with van der Waals surface area (Å²) < 4.78 is 31.0. The highest BCUT2D eigenvalue weighted by molar-refractivity contribution is 7.89. The van der Waals surface area contributed by atoms with Gasteiger partial charge < -0.3 is 25.0 Å². The third kappa shape index (κ3) is 8.35. The first-order chi connectivity index (χ1) is 24.9. The fourth-order valence-corrected chi connectivity index (χ4v) is 6.89. The van der Waals surface area contributed by atoms with Gasteiger partial charge in [0.05, 0.1) is 41.5 Å². The maximum absolute atomic E-state index is 14.6. The van der Waals surface area contributed by atoms with Gasteiger partial charge >= 0.3 is 0 Å². The molecule has 3 aromatic carbocycles. The van der Waals surface area contributed by atoms with Crippen LogP contribution in [0.1, 0.15) is 87.6 Å². The van der Waals surface area contributed by atoms with Crippen LogP contribution < -0.4 is 15.2 Å². The first kappa shape index (κ1) is 38.2. The molecule has 0 saturated carbocycles. The second-order valence-corrected chi connectivity index (χ2v) is 14.5. The standard InChI is InChI=1S/C38H46N6O7S/c1-5-7-17-42(18-8-6-2)38(48)33-19-25(3)44(41-33)34-15-13-28(40-36(46)32-22-30(52(39,49)50)14-16-35(32)51-4)21-31(34)37(47)43-23-27-12-10-9-11-26(27)20-29(43)24-45/h9-16,19,21-22,29,45H,5-8,17-18,20,23-24H2,1-4H3,(H,40,46)(H2,39,49,50)/t29-/m0/s1. The summed E-state index contributed by atoms with van der Waals surface area (Å²) >= 11 is 0. The lowest BCUT2D eigenvalue weighted by Crippen LogP contribution is -2.46. The number of aliphatic hydroxyl groups excluding tert-OH is 1. The number of anilines is 1. The predicted octanol–water partition coefficient (Wildman–Crippen LogP) is 4.69. The molecule has 52 heavy (non-hydrogen) atoms. The lowest BCUT2D eigenvalue weighted by atomic mass is 9.93. The zero-order valence-electron chi connectivity index (χ0n) is 30.0. The number of carbonyl (C=O) groups excluding carboxylic acids is 3. The minimum Gasteiger partial charge on any atom is -0.496 e. The highest BCUT2D eigenvalue weighted by Gasteiger charge is 2.32. The molecule has 1 aromatic heterocycles. The Labute approximate surface area is 304 Å². The third-order valence-corrected chi connectivity index (χ3v) is 10.2. The molecule has 13 nitrogen and oxygen atoms in total. The summed E-state index contributed by atoms with van der Waals surface area (Å²) in [6, 6.07) is 17.4. The van der Waals surface area contributed by atoms with Gasteiger partial charge in [-0.05, 0) is 79.8 Å². The molecule has 0 aliphatic carbocycles. The van der Waals surface area contributed by atoms with E-state index in [0.717, 1.165) is 42.9 Å². The van der Waals surface area contributed by atoms with Crippen molar-refractivity contribution in [3.8, 4) is 11.4 Å². The van der Waals surface area contributed by atoms with Gasteiger partial charge in [0.25, 0.3) is 17.7 Å². The Bertz CT molecular complexity index is 2050. The maximum Gasteiger partial charge on any atom is 0.274 e. The summed E-state index contributed by atoms with van der Waals surface area (Å²) in [7, 11) is -2.77. The Morgan fingerprint density at radius 1 is 0.981 bits per heavy atom. The summed E-state index contributed by atoms with van der Waals surface area (Å²) in [5.74, 6) is -1.18. The van der Waals surface area contributed by atoms with Crippen LogP contribution in [0.4, 0.5) is 5.69 Å². The van der Waals surface area contributed by atoms with Gasteiger partial charge in [-0.2, -0.15) is 5.10 Å². The van der Waals surface area contributed by atoms with E-state index in [2.05, 4.69) is 19.2 Å². The normalized spacial score (nSPS) is 14.1. The Morgan fingerprint density at radius 2 is 1.67 bits per heavy atom. The molecule has 276 valence electrons. The summed E-state index contributed by atoms with van der Waals surface area (Å²) in [5.41, 5.74) is 3.55. The zero-order valence-corrected chi connectivity index (χ0v) is 30.8. The number of carbonyl (C=O) groups is 3. The molecule has 5 rings (SSSR count). The van der Waals surface area contributed by atoms with Gasteiger partial charge in [0.2, 0.25) is 10.0 Å². The van der Waals surface area contributed by atoms with Crippen molar-refractivity contribution in [2.45, 2.75) is 70.4 Å². The zero-order chi connectivity index (χ0) is 37.6. The van der Waals surface area contributed by atoms with Gasteiger partial charge in [-0.15, -0.1) is 0 Å². The number of nitrogens with zero attached hydrogens (tertiary/aromatic N) is 4. The quantitative estimate of drug-likeness (QED) is 0.167. The van der Waals surface area contributed by atoms with Crippen molar-refractivity contribution in [1.29, 1.82) is 0 Å². The van der Waals surface area contributed by atoms with Gasteiger partial charge in [-0.3, -0.25) is 14.4 Å². The summed E-state index contributed by atoms with van der Waals surface area (Å²) in [5, 5.41) is 23.2. The lowest BCUT2D eigenvalue weighted by molar-refractivity contribution is 0.0544. The SMILES string of the molecule is CCCCN(CCCC)C(=O)c1cc(C)n(-c2ccc(NC(=O)c3cc(S(N)(=O)=O)ccc3OC)cc2C(=O)N2Cc3ccccc3C[C@H]2CO)n1. The van der Waals surface area contributed by atoms with Crippen molar-refractivity contribution in [1.82, 2.24) is 19.6 Å². The van der Waals surface area contributed by atoms with E-state index >= 15 is 0 Å². The van der Waals surface area contributed by atoms with Crippen LogP contribution in [0.15, 0.2) is 71.6 Å². The number of amides is 3. The lowest BCUT2D eigenvalue weighted by Gasteiger charge is -2.36. The van der Waals surface area contributed by atoms with Crippen molar-refractivity contribution in [3.05, 3.63) is 100 Å². The molecule has 4 N–H and O–H groups in total. The number of sulfonamides is 1. The van der Waals surface area contributed by atoms with Crippen molar-refractivity contribution >= 4 is 33.4 Å². The summed E-state index contributed by atoms with van der Waals surface area (Å²) in [4.78, 5) is 45.1. The van der Waals surface area contributed by atoms with Crippen LogP contribution in [0.5, 0.6) is 5.75 Å². The van der Waals surface area contributed by atoms with Gasteiger partial charge in [0.15, 0.2) is 5.69 Å². The average molecular weight is 731 g/mol. The van der Waals surface area contributed by atoms with Crippen molar-refractivity contribution in [2.24, 2.45) is 5.14 Å². The molecule has 14 heteroatoms. The van der Waals surface area contributed by atoms with Crippen LogP contribution in [0.2, 0.25) is 0 Å². The van der Waals surface area contributed by atoms with E-state index < -0.39 is 27.9 Å². The number of aliphatic hydroxyl groups is 1. The Morgan fingerprint density at radius 3 is 2.31 bits per heavy atom. The minimum atomic E-state index is -4.12. The van der Waals surface area contributed by atoms with Crippen LogP contribution in [0, 0.1) is 6.92 Å². The number of hydrogen-bond donors (Lipinski definition) is 3. The number of benzene rings is 3. The predicted molar refractivity (Wildman–Crippen MR) is 197 cm³/mol. The highest BCUT2D eigenvalue weighted by Crippen LogP contribution is 2.30. The van der Waals surface area contributed by atoms with Gasteiger partial charge in [0, 0.05) is 31.0 Å². The van der Waals surface area contributed by atoms with Gasteiger partial charge in [0.1, 0.15) is 5.75 Å². The fourth-order valence-electron chi connectivity index (χ4n) is 6.35. The number of unbranched alkanes of at least 4 members (excludes halogenated alkanes) is 2. The molecule has 4 aromatic rings. The van der Waals surface area contributed by atoms with Crippen LogP contribution in [-0.4, -0.2) is 83.7 Å². The minimum absolute atomic E-state index is 0.0827. The molecule has 0 spiro atoms. The van der Waals surface area contributed by atoms with Crippen LogP contribution in [0.3, 0.4) is 0 Å². The van der Waals surface area contributed by atoms with Crippen LogP contribution in [-0.2, 0) is 23.0 Å². The Balaban J connectivity index is 1.57. The molecule has 1 atom stereocenters. The number of rotatable bonds is 14. The molecule has 0 bridgehead atoms. The smallest absolute Gasteiger partial charge is 0.274 e. The Hall–Kier alpha value is -5.05. The largest absolute Gasteiger partial charge is 0.496 e. The number of fused-ring (bicyclic) bond motifs is 1. The molecule has 0 saturated heterocycles. The van der Waals surface area contributed by atoms with E-state index in [9.17, 15) is 27.9 Å². The number of nitrogens with one attached hydrogen (secondary N) is 1. The van der Waals surface area contributed by atoms with Gasteiger partial charge in [-0.1, -0.05) is 51.0 Å². The van der Waals surface area contributed by atoms with Crippen LogP contribution in [0.25, 0.3) is 5.69 Å². The maximum atomic E-state index is 14.6. The second-order valence-electron chi connectivity index (χ2n) is 12.9. The number of ether oxygens (including phenoxy) is 1. The number of primary sulfonamides is 1. The number of methoxy groups -OCH3 is 1. The monoisotopic (exact) mass is 730 g/mol. The third-order valence-electron chi connectivity index (χ3n) is 9.24. The first-order valence-electron chi connectivity index (χ1n) is 17.4. The fraction of sp³-hybridized carbons (Fsp3) is 0.368. The topological polar surface area (TPSA) is 177 Å². The summed E-state index contributed by atoms with van der Waals surface area (Å²) in [6.45, 7) is 7.16. The molecule has 3 amide bonds. The van der Waals surface area contributed by atoms with E-state index in [4.69, 9.17) is 15.0 Å². The van der Waals surface area contributed by atoms with E-state index in [-0.39, 0.29) is 52.2 Å². The average Bonchev–Trinajstić information content (AvgIpc) is 3.53. The second kappa shape index (κ2) is 16.5. The van der Waals surface area contributed by atoms with E-state index in [0.29, 0.717) is 30.9 Å². The van der Waals surface area contributed by atoms with Crippen molar-refractivity contribution in [3.63, 3.8) is 0 Å². The van der Waals surface area contributed by atoms with Gasteiger partial charge in [-0.25, -0.2) is 18.2 Å². The van der Waals surface area contributed by atoms with E-state index in [1.807, 2.05) is 29.2 Å². The molecule has 1 aliphatic heterocycles. The summed E-state index contributed by atoms with van der Waals surface area (Å²) in [6.07, 6.45) is 4.07. The van der Waals surface area contributed by atoms with E-state index in [1.165, 1.54) is 25.3 Å². The molecular weight excluding hydrogens is 685 g/mol. The number of nitrogens with two attached hydrogens (primary N) is 1. The molecule has 2 heterocycles. The van der Waals surface area contributed by atoms with Crippen LogP contribution >= 0.6 is 0 Å². The first-order valence-corrected chi connectivity index (χ1v) is 19.0. The molecule has 1 aliphatic rings.